The number of carbonyl (C=O) groups is 1. The first-order valence-electron chi connectivity index (χ1n) is 4.95. The third kappa shape index (κ3) is 2.96. The molecule has 0 heterocycles. The van der Waals surface area contributed by atoms with Gasteiger partial charge in [0.25, 0.3) is 0 Å². The third-order valence-corrected chi connectivity index (χ3v) is 2.08. The van der Waals surface area contributed by atoms with Gasteiger partial charge in [-0.05, 0) is 12.1 Å². The third-order valence-electron chi connectivity index (χ3n) is 2.08. The van der Waals surface area contributed by atoms with E-state index in [0.29, 0.717) is 0 Å². The van der Waals surface area contributed by atoms with Crippen LogP contribution in [0.3, 0.4) is 0 Å². The number of hydrogen-bond donors (Lipinski definition) is 0. The molecule has 0 spiro atoms. The Morgan fingerprint density at radius 3 is 2.22 bits per heavy atom. The standard InChI is InChI=1S/C11H9F5O2/c1-2-8(17)7-5-3-4-6-9(7)18-11(15,16)10(12,13)14/h3-6H,2H2,1H3. The monoisotopic (exact) mass is 268 g/mol. The van der Waals surface area contributed by atoms with Crippen LogP contribution in [0.1, 0.15) is 23.7 Å². The van der Waals surface area contributed by atoms with E-state index in [9.17, 15) is 26.7 Å². The van der Waals surface area contributed by atoms with Crippen LogP contribution >= 0.6 is 0 Å². The fourth-order valence-corrected chi connectivity index (χ4v) is 1.17. The lowest BCUT2D eigenvalue weighted by Crippen LogP contribution is -2.42. The zero-order valence-corrected chi connectivity index (χ0v) is 9.22. The molecular weight excluding hydrogens is 259 g/mol. The Balaban J connectivity index is 3.09. The number of carbonyl (C=O) groups excluding carboxylic acids is 1. The molecule has 0 aliphatic carbocycles. The maximum Gasteiger partial charge on any atom is 0.499 e. The summed E-state index contributed by atoms with van der Waals surface area (Å²) in [5, 5.41) is 0. The lowest BCUT2D eigenvalue weighted by molar-refractivity contribution is -0.360. The maximum atomic E-state index is 12.7. The largest absolute Gasteiger partial charge is 0.499 e. The minimum atomic E-state index is -5.84. The first-order valence-corrected chi connectivity index (χ1v) is 4.95. The zero-order chi connectivity index (χ0) is 14.0. The minimum Gasteiger partial charge on any atom is -0.425 e. The average Bonchev–Trinajstić information content (AvgIpc) is 2.26. The van der Waals surface area contributed by atoms with Gasteiger partial charge in [-0.1, -0.05) is 19.1 Å². The topological polar surface area (TPSA) is 26.3 Å². The highest BCUT2D eigenvalue weighted by Crippen LogP contribution is 2.38. The first-order chi connectivity index (χ1) is 8.19. The molecular formula is C11H9F5O2. The number of alkyl halides is 5. The van der Waals surface area contributed by atoms with Crippen molar-refractivity contribution in [2.45, 2.75) is 25.6 Å². The van der Waals surface area contributed by atoms with Gasteiger partial charge < -0.3 is 4.74 Å². The quantitative estimate of drug-likeness (QED) is 0.613. The van der Waals surface area contributed by atoms with Crippen molar-refractivity contribution in [1.29, 1.82) is 0 Å². The Kier molecular flexibility index (Phi) is 3.93. The number of Topliss-reactive ketones (excluding diaryl/α,β-unsaturated/α-hetero) is 1. The molecule has 0 atom stereocenters. The van der Waals surface area contributed by atoms with Crippen molar-refractivity contribution < 1.29 is 31.5 Å². The van der Waals surface area contributed by atoms with Gasteiger partial charge >= 0.3 is 12.3 Å². The van der Waals surface area contributed by atoms with E-state index in [4.69, 9.17) is 0 Å². The van der Waals surface area contributed by atoms with Crippen LogP contribution in [0.15, 0.2) is 24.3 Å². The number of benzene rings is 1. The highest BCUT2D eigenvalue weighted by atomic mass is 19.4. The smallest absolute Gasteiger partial charge is 0.425 e. The van der Waals surface area contributed by atoms with Crippen LogP contribution in [-0.4, -0.2) is 18.1 Å². The molecule has 0 saturated carbocycles. The van der Waals surface area contributed by atoms with E-state index in [1.54, 1.807) is 0 Å². The van der Waals surface area contributed by atoms with Crippen LogP contribution in [0.4, 0.5) is 22.0 Å². The molecule has 18 heavy (non-hydrogen) atoms. The second kappa shape index (κ2) is 4.91. The lowest BCUT2D eigenvalue weighted by Gasteiger charge is -2.21. The van der Waals surface area contributed by atoms with E-state index in [1.165, 1.54) is 19.1 Å². The van der Waals surface area contributed by atoms with Gasteiger partial charge in [-0.25, -0.2) is 0 Å². The molecule has 1 rings (SSSR count). The van der Waals surface area contributed by atoms with Gasteiger partial charge in [0.05, 0.1) is 5.56 Å². The first kappa shape index (κ1) is 14.4. The summed E-state index contributed by atoms with van der Waals surface area (Å²) >= 11 is 0. The van der Waals surface area contributed by atoms with E-state index in [0.717, 1.165) is 12.1 Å². The fourth-order valence-electron chi connectivity index (χ4n) is 1.17. The second-order valence-electron chi connectivity index (χ2n) is 3.39. The molecule has 0 aromatic heterocycles. The average molecular weight is 268 g/mol. The van der Waals surface area contributed by atoms with E-state index in [2.05, 4.69) is 4.74 Å². The Morgan fingerprint density at radius 2 is 1.72 bits per heavy atom. The number of ketones is 1. The normalized spacial score (nSPS) is 12.3. The maximum absolute atomic E-state index is 12.7. The molecule has 0 fully saturated rings. The molecule has 7 heteroatoms. The lowest BCUT2D eigenvalue weighted by atomic mass is 10.1. The Labute approximate surface area is 99.4 Å². The molecule has 0 N–H and O–H groups in total. The molecule has 0 amide bonds. The summed E-state index contributed by atoms with van der Waals surface area (Å²) in [4.78, 5) is 11.4. The SMILES string of the molecule is CCC(=O)c1ccccc1OC(F)(F)C(F)(F)F. The van der Waals surface area contributed by atoms with Gasteiger partial charge in [-0.2, -0.15) is 22.0 Å². The van der Waals surface area contributed by atoms with Crippen molar-refractivity contribution in [2.75, 3.05) is 0 Å². The van der Waals surface area contributed by atoms with Gasteiger partial charge in [0, 0.05) is 6.42 Å². The molecule has 0 radical (unpaired) electrons. The van der Waals surface area contributed by atoms with Crippen molar-refractivity contribution in [3.8, 4) is 5.75 Å². The molecule has 2 nitrogen and oxygen atoms in total. The summed E-state index contributed by atoms with van der Waals surface area (Å²) in [6, 6.07) is 4.58. The van der Waals surface area contributed by atoms with Gasteiger partial charge in [0.1, 0.15) is 5.75 Å². The summed E-state index contributed by atoms with van der Waals surface area (Å²) in [6.45, 7) is 1.46. The number of ether oxygens (including phenoxy) is 1. The predicted octanol–water partition coefficient (Wildman–Crippen LogP) is 3.81. The van der Waals surface area contributed by atoms with E-state index in [1.807, 2.05) is 0 Å². The Morgan fingerprint density at radius 1 is 1.17 bits per heavy atom. The van der Waals surface area contributed by atoms with Crippen LogP contribution in [0.25, 0.3) is 0 Å². The van der Waals surface area contributed by atoms with Crippen LogP contribution in [0.2, 0.25) is 0 Å². The van der Waals surface area contributed by atoms with Crippen molar-refractivity contribution in [1.82, 2.24) is 0 Å². The molecule has 0 unspecified atom stereocenters. The van der Waals surface area contributed by atoms with Gasteiger partial charge in [0.2, 0.25) is 0 Å². The number of halogens is 5. The van der Waals surface area contributed by atoms with Crippen LogP contribution in [0, 0.1) is 0 Å². The molecule has 0 bridgehead atoms. The van der Waals surface area contributed by atoms with Crippen molar-refractivity contribution in [3.63, 3.8) is 0 Å². The van der Waals surface area contributed by atoms with Crippen molar-refractivity contribution in [2.24, 2.45) is 0 Å². The summed E-state index contributed by atoms with van der Waals surface area (Å²) in [7, 11) is 0. The van der Waals surface area contributed by atoms with E-state index in [-0.39, 0.29) is 12.0 Å². The molecule has 0 saturated heterocycles. The van der Waals surface area contributed by atoms with E-state index < -0.39 is 23.8 Å². The summed E-state index contributed by atoms with van der Waals surface area (Å²) in [5.41, 5.74) is -0.302. The fraction of sp³-hybridized carbons (Fsp3) is 0.364. The Hall–Kier alpha value is -1.66. The van der Waals surface area contributed by atoms with E-state index >= 15 is 0 Å². The molecule has 1 aromatic carbocycles. The number of rotatable bonds is 4. The van der Waals surface area contributed by atoms with Gasteiger partial charge in [-0.3, -0.25) is 4.79 Å². The second-order valence-corrected chi connectivity index (χ2v) is 3.39. The van der Waals surface area contributed by atoms with Crippen molar-refractivity contribution >= 4 is 5.78 Å². The molecule has 0 aliphatic rings. The summed E-state index contributed by atoms with van der Waals surface area (Å²) in [6.07, 6.45) is -11.2. The predicted molar refractivity (Wildman–Crippen MR) is 52.7 cm³/mol. The highest BCUT2D eigenvalue weighted by molar-refractivity contribution is 5.98. The molecule has 100 valence electrons. The molecule has 1 aromatic rings. The van der Waals surface area contributed by atoms with Crippen molar-refractivity contribution in [3.05, 3.63) is 29.8 Å². The number of hydrogen-bond acceptors (Lipinski definition) is 2. The number of para-hydroxylation sites is 1. The zero-order valence-electron chi connectivity index (χ0n) is 9.22. The van der Waals surface area contributed by atoms with Crippen LogP contribution in [-0.2, 0) is 0 Å². The molecule has 0 aliphatic heterocycles. The Bertz CT molecular complexity index is 439. The summed E-state index contributed by atoms with van der Waals surface area (Å²) < 4.78 is 65.0. The van der Waals surface area contributed by atoms with Crippen LogP contribution < -0.4 is 4.74 Å². The van der Waals surface area contributed by atoms with Gasteiger partial charge in [0.15, 0.2) is 5.78 Å². The summed E-state index contributed by atoms with van der Waals surface area (Å²) in [5.74, 6) is -1.37. The van der Waals surface area contributed by atoms with Crippen LogP contribution in [0.5, 0.6) is 5.75 Å². The minimum absolute atomic E-state index is 0.0298. The highest BCUT2D eigenvalue weighted by Gasteiger charge is 2.61. The van der Waals surface area contributed by atoms with Gasteiger partial charge in [-0.15, -0.1) is 0 Å².